The molecule has 0 bridgehead atoms. The van der Waals surface area contributed by atoms with Crippen LogP contribution in [0.25, 0.3) is 0 Å². The van der Waals surface area contributed by atoms with E-state index in [4.69, 9.17) is 11.6 Å². The Morgan fingerprint density at radius 3 is 2.29 bits per heavy atom. The Kier molecular flexibility index (Phi) is 5.97. The summed E-state index contributed by atoms with van der Waals surface area (Å²) in [6, 6.07) is 7.31. The fraction of sp³-hybridized carbons (Fsp3) is 0.417. The molecule has 0 saturated carbocycles. The summed E-state index contributed by atoms with van der Waals surface area (Å²) in [6.45, 7) is 1.98. The van der Waals surface area contributed by atoms with Crippen LogP contribution in [-0.4, -0.2) is 22.1 Å². The highest BCUT2D eigenvalue weighted by atomic mass is 79.9. The first-order chi connectivity index (χ1) is 7.99. The molecule has 17 heavy (non-hydrogen) atoms. The Morgan fingerprint density at radius 2 is 1.82 bits per heavy atom. The predicted molar refractivity (Wildman–Crippen MR) is 79.3 cm³/mol. The molecule has 1 amide bonds. The van der Waals surface area contributed by atoms with Crippen LogP contribution in [0.4, 0.5) is 0 Å². The molecule has 0 aliphatic carbocycles. The molecular weight excluding hydrogens is 369 g/mol. The number of hydrogen-bond acceptors (Lipinski definition) is 1. The largest absolute Gasteiger partial charge is 0.349 e. The molecule has 0 atom stereocenters. The van der Waals surface area contributed by atoms with Crippen molar-refractivity contribution in [3.8, 4) is 0 Å². The second-order valence-electron chi connectivity index (χ2n) is 4.18. The molecule has 2 nitrogen and oxygen atoms in total. The minimum absolute atomic E-state index is 0.00808. The first-order valence-electron chi connectivity index (χ1n) is 5.16. The smallest absolute Gasteiger partial charge is 0.224 e. The lowest BCUT2D eigenvalue weighted by Crippen LogP contribution is -2.49. The van der Waals surface area contributed by atoms with Crippen LogP contribution >= 0.6 is 43.5 Å². The van der Waals surface area contributed by atoms with Gasteiger partial charge >= 0.3 is 0 Å². The molecule has 0 aromatic heterocycles. The molecule has 1 N–H and O–H groups in total. The molecule has 0 unspecified atom stereocenters. The third-order valence-corrected chi connectivity index (χ3v) is 5.04. The Hall–Kier alpha value is -0.0600. The number of rotatable bonds is 5. The number of hydrogen-bond donors (Lipinski definition) is 1. The standard InChI is InChI=1S/C12H14Br2ClNO/c1-12(7-13,8-14)16-11(17)6-9-2-4-10(15)5-3-9/h2-5H,6-8H2,1H3,(H,16,17). The van der Waals surface area contributed by atoms with Crippen LogP contribution in [0, 0.1) is 0 Å². The van der Waals surface area contributed by atoms with Gasteiger partial charge < -0.3 is 5.32 Å². The number of benzene rings is 1. The Labute approximate surface area is 123 Å². The molecule has 1 aromatic carbocycles. The van der Waals surface area contributed by atoms with Gasteiger partial charge in [-0.2, -0.15) is 0 Å². The quantitative estimate of drug-likeness (QED) is 0.774. The predicted octanol–water partition coefficient (Wildman–Crippen LogP) is 3.55. The monoisotopic (exact) mass is 381 g/mol. The van der Waals surface area contributed by atoms with Gasteiger partial charge in [-0.3, -0.25) is 4.79 Å². The third kappa shape index (κ3) is 4.98. The first kappa shape index (κ1) is 15.0. The lowest BCUT2D eigenvalue weighted by atomic mass is 10.1. The van der Waals surface area contributed by atoms with Crippen molar-refractivity contribution in [1.29, 1.82) is 0 Å². The number of amides is 1. The number of alkyl halides is 2. The lowest BCUT2D eigenvalue weighted by molar-refractivity contribution is -0.121. The van der Waals surface area contributed by atoms with E-state index in [0.29, 0.717) is 22.1 Å². The summed E-state index contributed by atoms with van der Waals surface area (Å²) in [5.74, 6) is 0.00808. The highest BCUT2D eigenvalue weighted by Gasteiger charge is 2.23. The molecule has 0 aliphatic heterocycles. The van der Waals surface area contributed by atoms with E-state index in [2.05, 4.69) is 37.2 Å². The molecule has 0 heterocycles. The summed E-state index contributed by atoms with van der Waals surface area (Å²) in [5.41, 5.74) is 0.696. The number of carbonyl (C=O) groups excluding carboxylic acids is 1. The molecule has 5 heteroatoms. The van der Waals surface area contributed by atoms with E-state index in [1.807, 2.05) is 19.1 Å². The summed E-state index contributed by atoms with van der Waals surface area (Å²) in [4.78, 5) is 11.8. The fourth-order valence-electron chi connectivity index (χ4n) is 1.27. The minimum atomic E-state index is -0.260. The van der Waals surface area contributed by atoms with Crippen molar-refractivity contribution in [2.75, 3.05) is 10.7 Å². The van der Waals surface area contributed by atoms with Crippen LogP contribution in [0.3, 0.4) is 0 Å². The number of nitrogens with one attached hydrogen (secondary N) is 1. The van der Waals surface area contributed by atoms with Crippen molar-refractivity contribution < 1.29 is 4.79 Å². The Balaban J connectivity index is 2.58. The SMILES string of the molecule is CC(CBr)(CBr)NC(=O)Cc1ccc(Cl)cc1. The second kappa shape index (κ2) is 6.76. The zero-order chi connectivity index (χ0) is 12.9. The molecule has 1 rings (SSSR count). The topological polar surface area (TPSA) is 29.1 Å². The van der Waals surface area contributed by atoms with Gasteiger partial charge in [0.25, 0.3) is 0 Å². The highest BCUT2D eigenvalue weighted by Crippen LogP contribution is 2.13. The molecule has 0 radical (unpaired) electrons. The molecule has 0 spiro atoms. The average molecular weight is 384 g/mol. The van der Waals surface area contributed by atoms with E-state index in [1.54, 1.807) is 12.1 Å². The Bertz CT molecular complexity index is 377. The van der Waals surface area contributed by atoms with Gasteiger partial charge in [0, 0.05) is 15.7 Å². The van der Waals surface area contributed by atoms with E-state index in [0.717, 1.165) is 5.56 Å². The number of carbonyl (C=O) groups is 1. The fourth-order valence-corrected chi connectivity index (χ4v) is 2.61. The summed E-state index contributed by atoms with van der Waals surface area (Å²) >= 11 is 12.6. The van der Waals surface area contributed by atoms with Gasteiger partial charge in [-0.25, -0.2) is 0 Å². The van der Waals surface area contributed by atoms with E-state index in [-0.39, 0.29) is 11.4 Å². The second-order valence-corrected chi connectivity index (χ2v) is 5.74. The van der Waals surface area contributed by atoms with Crippen LogP contribution < -0.4 is 5.32 Å². The average Bonchev–Trinajstić information content (AvgIpc) is 2.32. The van der Waals surface area contributed by atoms with Crippen LogP contribution in [0.15, 0.2) is 24.3 Å². The van der Waals surface area contributed by atoms with Gasteiger partial charge in [-0.05, 0) is 24.6 Å². The minimum Gasteiger partial charge on any atom is -0.349 e. The maximum absolute atomic E-state index is 11.8. The maximum atomic E-state index is 11.8. The summed E-state index contributed by atoms with van der Waals surface area (Å²) in [6.07, 6.45) is 0.368. The van der Waals surface area contributed by atoms with Gasteiger partial charge in [-0.1, -0.05) is 55.6 Å². The van der Waals surface area contributed by atoms with Crippen LogP contribution in [0.5, 0.6) is 0 Å². The van der Waals surface area contributed by atoms with Gasteiger partial charge in [0.15, 0.2) is 0 Å². The molecule has 94 valence electrons. The normalized spacial score (nSPS) is 11.3. The number of halogens is 3. The Morgan fingerprint density at radius 1 is 1.29 bits per heavy atom. The van der Waals surface area contributed by atoms with Gasteiger partial charge in [0.1, 0.15) is 0 Å². The molecule has 0 fully saturated rings. The first-order valence-corrected chi connectivity index (χ1v) is 7.78. The van der Waals surface area contributed by atoms with Gasteiger partial charge in [-0.15, -0.1) is 0 Å². The van der Waals surface area contributed by atoms with Crippen molar-refractivity contribution >= 4 is 49.4 Å². The van der Waals surface area contributed by atoms with Crippen LogP contribution in [0.1, 0.15) is 12.5 Å². The molecule has 0 saturated heterocycles. The summed E-state index contributed by atoms with van der Waals surface area (Å²) < 4.78 is 0. The maximum Gasteiger partial charge on any atom is 0.224 e. The van der Waals surface area contributed by atoms with Crippen LogP contribution in [-0.2, 0) is 11.2 Å². The van der Waals surface area contributed by atoms with Crippen molar-refractivity contribution in [3.63, 3.8) is 0 Å². The molecule has 1 aromatic rings. The third-order valence-electron chi connectivity index (χ3n) is 2.31. The van der Waals surface area contributed by atoms with E-state index in [1.165, 1.54) is 0 Å². The van der Waals surface area contributed by atoms with Crippen molar-refractivity contribution in [2.24, 2.45) is 0 Å². The van der Waals surface area contributed by atoms with Crippen LogP contribution in [0.2, 0.25) is 5.02 Å². The van der Waals surface area contributed by atoms with E-state index >= 15 is 0 Å². The summed E-state index contributed by atoms with van der Waals surface area (Å²) in [5, 5.41) is 5.08. The lowest BCUT2D eigenvalue weighted by Gasteiger charge is -2.26. The van der Waals surface area contributed by atoms with Gasteiger partial charge in [0.2, 0.25) is 5.91 Å². The van der Waals surface area contributed by atoms with E-state index in [9.17, 15) is 4.79 Å². The van der Waals surface area contributed by atoms with Crippen molar-refractivity contribution in [2.45, 2.75) is 18.9 Å². The zero-order valence-electron chi connectivity index (χ0n) is 9.47. The van der Waals surface area contributed by atoms with Crippen molar-refractivity contribution in [3.05, 3.63) is 34.9 Å². The van der Waals surface area contributed by atoms with E-state index < -0.39 is 0 Å². The summed E-state index contributed by atoms with van der Waals surface area (Å²) in [7, 11) is 0. The zero-order valence-corrected chi connectivity index (χ0v) is 13.4. The van der Waals surface area contributed by atoms with Gasteiger partial charge in [0.05, 0.1) is 12.0 Å². The van der Waals surface area contributed by atoms with Crippen molar-refractivity contribution in [1.82, 2.24) is 5.32 Å². The molecular formula is C12H14Br2ClNO. The highest BCUT2D eigenvalue weighted by molar-refractivity contribution is 9.09. The molecule has 0 aliphatic rings.